The van der Waals surface area contributed by atoms with Gasteiger partial charge in [0.05, 0.1) is 18.8 Å². The van der Waals surface area contributed by atoms with Gasteiger partial charge in [-0.2, -0.15) is 0 Å². The van der Waals surface area contributed by atoms with Crippen LogP contribution in [0.3, 0.4) is 0 Å². The molecule has 4 rings (SSSR count). The summed E-state index contributed by atoms with van der Waals surface area (Å²) in [5.74, 6) is -0.523. The smallest absolute Gasteiger partial charge is 0.335 e. The highest BCUT2D eigenvalue weighted by atomic mass is 19.1. The van der Waals surface area contributed by atoms with E-state index in [4.69, 9.17) is 9.47 Å². The summed E-state index contributed by atoms with van der Waals surface area (Å²) >= 11 is 0. The van der Waals surface area contributed by atoms with Gasteiger partial charge < -0.3 is 14.6 Å². The molecule has 3 aromatic carbocycles. The highest BCUT2D eigenvalue weighted by Gasteiger charge is 2.13. The molecule has 0 atom stereocenters. The Morgan fingerprint density at radius 1 is 0.969 bits per heavy atom. The normalized spacial score (nSPS) is 15.3. The number of carbonyl (C=O) groups is 1. The Hall–Kier alpha value is -3.22. The molecule has 0 unspecified atom stereocenters. The Kier molecular flexibility index (Phi) is 7.14. The molecule has 3 aromatic rings. The highest BCUT2D eigenvalue weighted by molar-refractivity contribution is 5.88. The lowest BCUT2D eigenvalue weighted by Gasteiger charge is -2.23. The zero-order valence-corrected chi connectivity index (χ0v) is 17.8. The fourth-order valence-corrected chi connectivity index (χ4v) is 3.92. The molecule has 166 valence electrons. The molecule has 0 saturated heterocycles. The fourth-order valence-electron chi connectivity index (χ4n) is 3.92. The number of hydrogen-bond acceptors (Lipinski definition) is 4. The molecule has 32 heavy (non-hydrogen) atoms. The molecule has 0 fully saturated rings. The number of nitrogens with zero attached hydrogens (tertiary/aromatic N) is 1. The van der Waals surface area contributed by atoms with E-state index in [-0.39, 0.29) is 11.4 Å². The van der Waals surface area contributed by atoms with Crippen molar-refractivity contribution in [2.45, 2.75) is 19.5 Å². The van der Waals surface area contributed by atoms with Gasteiger partial charge in [-0.1, -0.05) is 36.4 Å². The van der Waals surface area contributed by atoms with Crippen molar-refractivity contribution in [3.63, 3.8) is 0 Å². The van der Waals surface area contributed by atoms with Crippen LogP contribution in [0, 0.1) is 5.82 Å². The Balaban J connectivity index is 1.60. The van der Waals surface area contributed by atoms with E-state index in [9.17, 15) is 14.3 Å². The second-order valence-electron chi connectivity index (χ2n) is 7.93. The summed E-state index contributed by atoms with van der Waals surface area (Å²) in [6.45, 7) is 3.37. The number of benzene rings is 3. The van der Waals surface area contributed by atoms with E-state index in [0.717, 1.165) is 22.3 Å². The van der Waals surface area contributed by atoms with Gasteiger partial charge in [0.15, 0.2) is 0 Å². The highest BCUT2D eigenvalue weighted by Crippen LogP contribution is 2.25. The minimum absolute atomic E-state index is 0.237. The molecule has 6 heteroatoms. The van der Waals surface area contributed by atoms with Crippen molar-refractivity contribution in [1.82, 2.24) is 4.90 Å². The van der Waals surface area contributed by atoms with Gasteiger partial charge in [0.2, 0.25) is 0 Å². The van der Waals surface area contributed by atoms with Crippen LogP contribution >= 0.6 is 0 Å². The molecule has 5 nitrogen and oxygen atoms in total. The third-order valence-electron chi connectivity index (χ3n) is 5.43. The van der Waals surface area contributed by atoms with Gasteiger partial charge in [-0.25, -0.2) is 9.18 Å². The van der Waals surface area contributed by atoms with Gasteiger partial charge in [0.1, 0.15) is 18.2 Å². The van der Waals surface area contributed by atoms with Crippen LogP contribution in [0.4, 0.5) is 4.39 Å². The lowest BCUT2D eigenvalue weighted by atomic mass is 10.00. The SMILES string of the molecule is O=C(O)c1ccc2c(c1)Cc1cccc(c1)CN(Cc1cccc(F)c1)CCOCCO2. The Labute approximate surface area is 187 Å². The van der Waals surface area contributed by atoms with Crippen molar-refractivity contribution < 1.29 is 23.8 Å². The molecule has 1 N–H and O–H groups in total. The quantitative estimate of drug-likeness (QED) is 0.655. The van der Waals surface area contributed by atoms with Gasteiger partial charge in [-0.15, -0.1) is 0 Å². The standard InChI is InChI=1S/C26H26FNO4/c27-24-6-2-5-21(15-24)18-28-9-10-31-11-12-32-25-8-7-22(26(29)30)16-23(25)14-19-3-1-4-20(13-19)17-28/h1-8,13,15-16H,9-12,14,17-18H2,(H,29,30). The average molecular weight is 435 g/mol. The minimum Gasteiger partial charge on any atom is -0.491 e. The summed E-state index contributed by atoms with van der Waals surface area (Å²) in [6, 6.07) is 19.9. The number of aromatic carboxylic acids is 1. The number of hydrogen-bond donors (Lipinski definition) is 1. The summed E-state index contributed by atoms with van der Waals surface area (Å²) < 4.78 is 25.3. The topological polar surface area (TPSA) is 59.0 Å². The van der Waals surface area contributed by atoms with Crippen molar-refractivity contribution in [1.29, 1.82) is 0 Å². The van der Waals surface area contributed by atoms with Crippen LogP contribution in [0.25, 0.3) is 0 Å². The van der Waals surface area contributed by atoms with Crippen molar-refractivity contribution in [3.05, 3.63) is 100 Å². The van der Waals surface area contributed by atoms with E-state index in [1.165, 1.54) is 6.07 Å². The van der Waals surface area contributed by atoms with Crippen LogP contribution in [0.15, 0.2) is 66.7 Å². The van der Waals surface area contributed by atoms with Crippen LogP contribution in [0.1, 0.15) is 32.6 Å². The second-order valence-corrected chi connectivity index (χ2v) is 7.93. The Morgan fingerprint density at radius 2 is 1.81 bits per heavy atom. The molecular weight excluding hydrogens is 409 g/mol. The third kappa shape index (κ3) is 5.93. The lowest BCUT2D eigenvalue weighted by molar-refractivity contribution is 0.0695. The van der Waals surface area contributed by atoms with Crippen LogP contribution in [-0.2, 0) is 24.2 Å². The average Bonchev–Trinajstić information content (AvgIpc) is 2.76. The number of carboxylic acids is 1. The molecule has 0 amide bonds. The van der Waals surface area contributed by atoms with Gasteiger partial charge >= 0.3 is 5.97 Å². The molecule has 0 saturated carbocycles. The first kappa shape index (κ1) is 22.0. The van der Waals surface area contributed by atoms with Crippen molar-refractivity contribution in [2.75, 3.05) is 26.4 Å². The number of rotatable bonds is 3. The number of halogens is 1. The molecule has 1 heterocycles. The zero-order valence-electron chi connectivity index (χ0n) is 17.8. The van der Waals surface area contributed by atoms with E-state index >= 15 is 0 Å². The molecule has 0 radical (unpaired) electrons. The number of ether oxygens (including phenoxy) is 2. The minimum atomic E-state index is -0.961. The van der Waals surface area contributed by atoms with Crippen molar-refractivity contribution in [3.8, 4) is 5.75 Å². The van der Waals surface area contributed by atoms with E-state index in [1.54, 1.807) is 30.3 Å². The Bertz CT molecular complexity index is 1080. The predicted octanol–water partition coefficient (Wildman–Crippen LogP) is 4.53. The maximum atomic E-state index is 13.6. The van der Waals surface area contributed by atoms with E-state index in [2.05, 4.69) is 17.0 Å². The summed E-state index contributed by atoms with van der Waals surface area (Å²) in [5.41, 5.74) is 4.19. The summed E-state index contributed by atoms with van der Waals surface area (Å²) in [4.78, 5) is 13.7. The third-order valence-corrected chi connectivity index (χ3v) is 5.43. The van der Waals surface area contributed by atoms with Crippen LogP contribution in [0.5, 0.6) is 5.75 Å². The first-order valence-corrected chi connectivity index (χ1v) is 10.7. The second kappa shape index (κ2) is 10.4. The molecule has 1 aliphatic rings. The van der Waals surface area contributed by atoms with E-state index in [1.807, 2.05) is 18.2 Å². The molecule has 0 aromatic heterocycles. The van der Waals surface area contributed by atoms with Crippen LogP contribution < -0.4 is 4.74 Å². The van der Waals surface area contributed by atoms with Gasteiger partial charge in [0.25, 0.3) is 0 Å². The predicted molar refractivity (Wildman–Crippen MR) is 119 cm³/mol. The molecule has 0 aliphatic carbocycles. The summed E-state index contributed by atoms with van der Waals surface area (Å²) in [6.07, 6.45) is 0.565. The number of fused-ring (bicyclic) bond motifs is 3. The summed E-state index contributed by atoms with van der Waals surface area (Å²) in [7, 11) is 0. The first-order valence-electron chi connectivity index (χ1n) is 10.7. The van der Waals surface area contributed by atoms with Gasteiger partial charge in [0, 0.05) is 26.1 Å². The monoisotopic (exact) mass is 435 g/mol. The van der Waals surface area contributed by atoms with Crippen LogP contribution in [0.2, 0.25) is 0 Å². The van der Waals surface area contributed by atoms with E-state index in [0.29, 0.717) is 51.6 Å². The van der Waals surface area contributed by atoms with Crippen molar-refractivity contribution >= 4 is 5.97 Å². The van der Waals surface area contributed by atoms with Gasteiger partial charge in [-0.05, 0) is 52.6 Å². The molecule has 0 spiro atoms. The summed E-state index contributed by atoms with van der Waals surface area (Å²) in [5, 5.41) is 9.38. The maximum absolute atomic E-state index is 13.6. The first-order chi connectivity index (χ1) is 15.6. The Morgan fingerprint density at radius 3 is 2.66 bits per heavy atom. The van der Waals surface area contributed by atoms with Crippen molar-refractivity contribution in [2.24, 2.45) is 0 Å². The molecular formula is C26H26FNO4. The molecule has 2 bridgehead atoms. The molecule has 1 aliphatic heterocycles. The number of carboxylic acid groups (broad SMARTS) is 1. The lowest BCUT2D eigenvalue weighted by Crippen LogP contribution is -2.27. The van der Waals surface area contributed by atoms with Gasteiger partial charge in [-0.3, -0.25) is 4.90 Å². The fraction of sp³-hybridized carbons (Fsp3) is 0.269. The van der Waals surface area contributed by atoms with Crippen LogP contribution in [-0.4, -0.2) is 42.3 Å². The maximum Gasteiger partial charge on any atom is 0.335 e. The van der Waals surface area contributed by atoms with E-state index < -0.39 is 5.97 Å². The zero-order chi connectivity index (χ0) is 22.3. The largest absolute Gasteiger partial charge is 0.491 e.